The van der Waals surface area contributed by atoms with Crippen molar-refractivity contribution in [2.45, 2.75) is 137 Å². The minimum absolute atomic E-state index is 0.0379. The van der Waals surface area contributed by atoms with Crippen molar-refractivity contribution in [2.24, 2.45) is 0 Å². The summed E-state index contributed by atoms with van der Waals surface area (Å²) in [7, 11) is -2.34. The first kappa shape index (κ1) is 77.5. The molecule has 0 fully saturated rings. The molecule has 1 N–H and O–H groups in total. The number of ether oxygens (including phenoxy) is 6. The molecule has 9 aromatic rings. The highest BCUT2D eigenvalue weighted by molar-refractivity contribution is 8.13. The Bertz CT molecular complexity index is 4550. The second-order valence-electron chi connectivity index (χ2n) is 28.6. The number of hydrogen-bond acceptors (Lipinski definition) is 15. The minimum atomic E-state index is -3.65. The van der Waals surface area contributed by atoms with E-state index in [4.69, 9.17) is 44.2 Å². The normalized spacial score (nSPS) is 15.6. The van der Waals surface area contributed by atoms with Crippen molar-refractivity contribution >= 4 is 109 Å². The average molecular weight is 1470 g/mol. The fraction of sp³-hybridized carbons (Fsp3) is 0.362. The summed E-state index contributed by atoms with van der Waals surface area (Å²) in [6.07, 6.45) is 0.685. The first-order chi connectivity index (χ1) is 48.0. The fourth-order valence-electron chi connectivity index (χ4n) is 12.7. The van der Waals surface area contributed by atoms with E-state index in [9.17, 15) is 36.3 Å². The Balaban J connectivity index is 0.000000172. The standard InChI is InChI=1S/C27H31NO6S.C26H28ClNO3.C26H29NO4.CH3ClO2S/c1-18-10-9-13-21-23(32-16-19-11-7-6-8-12-19)14-22-25(24(18)21)20(17-33-35(5,30)31)15-28(22)26(29)34-27(2,3)4;1-17-9-8-12-20-22(30-16-18-10-6-5-7-11-18)13-21-24(23(17)20)19(14-27)15-28(21)25(29)31-26(2,3)4;1-17-9-8-12-20-22(30-16-18-10-6-5-7-11-18)13-21-24(23(17)20)19(15-28)14-27(21)25(29)31-26(2,3)4;1-5(2,3)4/h6-14,20H,15-17H2,1-5H3;5-13,19H,14-16H2,1-4H3;5-13,19,28H,14-16H2,1-4H3;1H3/t20-;2*19-;/m010./s1. The maximum atomic E-state index is 13.2. The highest BCUT2D eigenvalue weighted by Crippen LogP contribution is 2.50. The summed E-state index contributed by atoms with van der Waals surface area (Å²) < 4.78 is 83.3. The van der Waals surface area contributed by atoms with Crippen LogP contribution >= 0.6 is 22.3 Å². The van der Waals surface area contributed by atoms with Crippen molar-refractivity contribution in [3.63, 3.8) is 0 Å². The number of anilines is 3. The maximum Gasteiger partial charge on any atom is 0.414 e. The topological polar surface area (TPSA) is 214 Å². The van der Waals surface area contributed by atoms with Crippen LogP contribution in [0.5, 0.6) is 17.2 Å². The summed E-state index contributed by atoms with van der Waals surface area (Å²) in [4.78, 5) is 44.1. The molecule has 0 radical (unpaired) electrons. The van der Waals surface area contributed by atoms with Crippen molar-refractivity contribution in [1.29, 1.82) is 0 Å². The van der Waals surface area contributed by atoms with Gasteiger partial charge in [-0.1, -0.05) is 146 Å². The van der Waals surface area contributed by atoms with Gasteiger partial charge in [0, 0.05) is 88.3 Å². The van der Waals surface area contributed by atoms with Gasteiger partial charge in [-0.3, -0.25) is 18.9 Å². The molecule has 12 rings (SSSR count). The molecular formula is C80H91Cl2N3O15S2. The molecule has 3 aliphatic rings. The molecule has 9 aromatic carbocycles. The number of carbonyl (C=O) groups is 3. The van der Waals surface area contributed by atoms with Gasteiger partial charge in [-0.2, -0.15) is 8.42 Å². The van der Waals surface area contributed by atoms with Crippen LogP contribution in [0.3, 0.4) is 0 Å². The van der Waals surface area contributed by atoms with Gasteiger partial charge in [-0.15, -0.1) is 11.6 Å². The van der Waals surface area contributed by atoms with Crippen LogP contribution in [0.15, 0.2) is 164 Å². The van der Waals surface area contributed by atoms with Crippen LogP contribution in [0.1, 0.15) is 130 Å². The van der Waals surface area contributed by atoms with E-state index in [2.05, 4.69) is 29.7 Å². The highest BCUT2D eigenvalue weighted by Gasteiger charge is 2.41. The molecule has 0 saturated heterocycles. The van der Waals surface area contributed by atoms with E-state index < -0.39 is 48.2 Å². The molecular weight excluding hydrogens is 1380 g/mol. The lowest BCUT2D eigenvalue weighted by atomic mass is 9.92. The summed E-state index contributed by atoms with van der Waals surface area (Å²) in [5, 5.41) is 16.1. The largest absolute Gasteiger partial charge is 0.488 e. The first-order valence-corrected chi connectivity index (χ1v) is 38.7. The molecule has 0 bridgehead atoms. The predicted molar refractivity (Wildman–Crippen MR) is 407 cm³/mol. The SMILES string of the molecule is CS(=O)(=O)Cl.Cc1cccc2c(OCc3ccccc3)cc3c(c12)[C@H](CCl)CN3C(=O)OC(C)(C)C.Cc1cccc2c(OCc3ccccc3)cc3c(c12)[C@H](CO)CN3C(=O)OC(C)(C)C.Cc1cccc2c(OCc3ccccc3)cc3c(c12)[C@H](COS(C)(=O)=O)CN3C(=O)OC(C)(C)C. The molecule has 102 heavy (non-hydrogen) atoms. The number of aliphatic hydroxyl groups excluding tert-OH is 1. The Hall–Kier alpha value is -8.63. The summed E-state index contributed by atoms with van der Waals surface area (Å²) >= 11 is 6.36. The number of hydrogen-bond donors (Lipinski definition) is 1. The van der Waals surface area contributed by atoms with Crippen LogP contribution in [-0.4, -0.2) is 108 Å². The third kappa shape index (κ3) is 20.0. The number of benzene rings is 9. The number of fused-ring (bicyclic) bond motifs is 9. The molecule has 0 aromatic heterocycles. The molecule has 0 saturated carbocycles. The van der Waals surface area contributed by atoms with Gasteiger partial charge in [0.2, 0.25) is 9.05 Å². The summed E-state index contributed by atoms with van der Waals surface area (Å²) in [6.45, 7) is 25.0. The number of aliphatic hydroxyl groups is 1. The second-order valence-corrected chi connectivity index (χ2v) is 33.6. The van der Waals surface area contributed by atoms with E-state index in [0.717, 1.165) is 112 Å². The van der Waals surface area contributed by atoms with E-state index in [-0.39, 0.29) is 43.6 Å². The predicted octanol–water partition coefficient (Wildman–Crippen LogP) is 18.1. The van der Waals surface area contributed by atoms with Crippen molar-refractivity contribution in [1.82, 2.24) is 0 Å². The molecule has 542 valence electrons. The molecule has 18 nitrogen and oxygen atoms in total. The van der Waals surface area contributed by atoms with Crippen LogP contribution in [0.25, 0.3) is 32.3 Å². The van der Waals surface area contributed by atoms with Crippen LogP contribution in [0, 0.1) is 20.8 Å². The minimum Gasteiger partial charge on any atom is -0.488 e. The number of nitrogens with zero attached hydrogens (tertiary/aromatic N) is 3. The summed E-state index contributed by atoms with van der Waals surface area (Å²) in [6, 6.07) is 53.9. The number of carbonyl (C=O) groups excluding carboxylic acids is 3. The number of rotatable bonds is 14. The lowest BCUT2D eigenvalue weighted by molar-refractivity contribution is 0.0570. The molecule has 3 atom stereocenters. The van der Waals surface area contributed by atoms with Gasteiger partial charge in [0.15, 0.2) is 0 Å². The number of aryl methyl sites for hydroxylation is 3. The van der Waals surface area contributed by atoms with Crippen LogP contribution < -0.4 is 28.9 Å². The number of alkyl halides is 1. The van der Waals surface area contributed by atoms with E-state index in [1.54, 1.807) is 14.7 Å². The molecule has 22 heteroatoms. The quantitative estimate of drug-likeness (QED) is 0.0464. The van der Waals surface area contributed by atoms with Gasteiger partial charge in [0.25, 0.3) is 10.1 Å². The molecule has 0 aliphatic carbocycles. The smallest absolute Gasteiger partial charge is 0.414 e. The zero-order valence-corrected chi connectivity index (χ0v) is 63.4. The van der Waals surface area contributed by atoms with Gasteiger partial charge in [0.05, 0.1) is 42.8 Å². The molecule has 3 aliphatic heterocycles. The van der Waals surface area contributed by atoms with Crippen molar-refractivity contribution < 1.29 is 68.9 Å². The highest BCUT2D eigenvalue weighted by atomic mass is 35.7. The van der Waals surface area contributed by atoms with E-state index in [0.29, 0.717) is 56.0 Å². The van der Waals surface area contributed by atoms with E-state index >= 15 is 0 Å². The Morgan fingerprint density at radius 1 is 0.451 bits per heavy atom. The number of amides is 3. The Morgan fingerprint density at radius 2 is 0.735 bits per heavy atom. The van der Waals surface area contributed by atoms with E-state index in [1.165, 1.54) is 0 Å². The van der Waals surface area contributed by atoms with Crippen molar-refractivity contribution in [3.05, 3.63) is 214 Å². The first-order valence-electron chi connectivity index (χ1n) is 33.6. The molecule has 0 spiro atoms. The molecule has 3 heterocycles. The van der Waals surface area contributed by atoms with Gasteiger partial charge in [-0.25, -0.2) is 22.8 Å². The lowest BCUT2D eigenvalue weighted by Crippen LogP contribution is -2.36. The van der Waals surface area contributed by atoms with Crippen LogP contribution in [0.4, 0.5) is 31.4 Å². The van der Waals surface area contributed by atoms with Gasteiger partial charge < -0.3 is 33.5 Å². The maximum absolute atomic E-state index is 13.2. The second kappa shape index (κ2) is 32.4. The van der Waals surface area contributed by atoms with Crippen molar-refractivity contribution in [2.75, 3.05) is 65.9 Å². The Kier molecular flexibility index (Phi) is 24.6. The average Bonchev–Trinajstić information content (AvgIpc) is 1.56. The van der Waals surface area contributed by atoms with Crippen LogP contribution in [0.2, 0.25) is 0 Å². The third-order valence-electron chi connectivity index (χ3n) is 16.8. The number of halogens is 2. The third-order valence-corrected chi connectivity index (χ3v) is 17.7. The summed E-state index contributed by atoms with van der Waals surface area (Å²) in [5.74, 6) is 2.06. The zero-order valence-electron chi connectivity index (χ0n) is 60.3. The molecule has 0 unspecified atom stereocenters. The summed E-state index contributed by atoms with van der Waals surface area (Å²) in [5.41, 5.74) is 9.71. The van der Waals surface area contributed by atoms with E-state index in [1.807, 2.05) is 228 Å². The fourth-order valence-corrected chi connectivity index (χ4v) is 13.4. The monoisotopic (exact) mass is 1470 g/mol. The lowest BCUT2D eigenvalue weighted by Gasteiger charge is -2.25. The van der Waals surface area contributed by atoms with Gasteiger partial charge >= 0.3 is 18.3 Å². The van der Waals surface area contributed by atoms with Gasteiger partial charge in [0.1, 0.15) is 53.9 Å². The Morgan fingerprint density at radius 3 is 1.02 bits per heavy atom. The Labute approximate surface area is 608 Å². The van der Waals surface area contributed by atoms with Gasteiger partial charge in [-0.05, 0) is 149 Å². The zero-order chi connectivity index (χ0) is 74.2. The molecule has 3 amide bonds. The van der Waals surface area contributed by atoms with Crippen LogP contribution in [-0.2, 0) is 57.4 Å². The van der Waals surface area contributed by atoms with Crippen molar-refractivity contribution in [3.8, 4) is 17.2 Å².